The third-order valence-corrected chi connectivity index (χ3v) is 2.31. The first-order valence-corrected chi connectivity index (χ1v) is 4.69. The SMILES string of the molecule is CNCCC(C)(O)c1cccc(F)c1. The fraction of sp³-hybridized carbons (Fsp3) is 0.455. The number of rotatable bonds is 4. The van der Waals surface area contributed by atoms with Crippen molar-refractivity contribution in [3.8, 4) is 0 Å². The van der Waals surface area contributed by atoms with E-state index in [9.17, 15) is 9.50 Å². The minimum Gasteiger partial charge on any atom is -0.385 e. The van der Waals surface area contributed by atoms with Crippen molar-refractivity contribution in [3.05, 3.63) is 35.6 Å². The molecule has 14 heavy (non-hydrogen) atoms. The van der Waals surface area contributed by atoms with Crippen molar-refractivity contribution in [3.63, 3.8) is 0 Å². The third-order valence-electron chi connectivity index (χ3n) is 2.31. The van der Waals surface area contributed by atoms with Gasteiger partial charge in [0.15, 0.2) is 0 Å². The summed E-state index contributed by atoms with van der Waals surface area (Å²) in [6.45, 7) is 2.39. The summed E-state index contributed by atoms with van der Waals surface area (Å²) >= 11 is 0. The van der Waals surface area contributed by atoms with Crippen LogP contribution in [0, 0.1) is 5.82 Å². The zero-order valence-electron chi connectivity index (χ0n) is 8.55. The molecule has 0 amide bonds. The molecule has 0 aliphatic rings. The molecule has 0 spiro atoms. The van der Waals surface area contributed by atoms with Crippen LogP contribution in [0.25, 0.3) is 0 Å². The molecule has 3 heteroatoms. The predicted molar refractivity (Wildman–Crippen MR) is 54.5 cm³/mol. The Kier molecular flexibility index (Phi) is 3.61. The van der Waals surface area contributed by atoms with Gasteiger partial charge in [0.25, 0.3) is 0 Å². The first-order valence-electron chi connectivity index (χ1n) is 4.69. The molecule has 0 aliphatic carbocycles. The zero-order valence-corrected chi connectivity index (χ0v) is 8.55. The van der Waals surface area contributed by atoms with Crippen LogP contribution in [0.3, 0.4) is 0 Å². The average Bonchev–Trinajstić information content (AvgIpc) is 2.15. The standard InChI is InChI=1S/C11H16FNO/c1-11(14,6-7-13-2)9-4-3-5-10(12)8-9/h3-5,8,13-14H,6-7H2,1-2H3. The Labute approximate surface area is 83.8 Å². The van der Waals surface area contributed by atoms with Crippen LogP contribution in [0.2, 0.25) is 0 Å². The highest BCUT2D eigenvalue weighted by Crippen LogP contribution is 2.24. The average molecular weight is 197 g/mol. The second-order valence-corrected chi connectivity index (χ2v) is 3.64. The maximum atomic E-state index is 12.9. The molecule has 0 radical (unpaired) electrons. The maximum Gasteiger partial charge on any atom is 0.123 e. The Morgan fingerprint density at radius 1 is 1.50 bits per heavy atom. The molecule has 1 atom stereocenters. The van der Waals surface area contributed by atoms with Gasteiger partial charge in [-0.2, -0.15) is 0 Å². The zero-order chi connectivity index (χ0) is 10.6. The molecule has 1 aromatic rings. The molecule has 0 aliphatic heterocycles. The molecule has 1 unspecified atom stereocenters. The van der Waals surface area contributed by atoms with Crippen LogP contribution in [0.5, 0.6) is 0 Å². The van der Waals surface area contributed by atoms with Crippen LogP contribution in [-0.4, -0.2) is 18.7 Å². The van der Waals surface area contributed by atoms with E-state index in [1.54, 1.807) is 19.1 Å². The van der Waals surface area contributed by atoms with Gasteiger partial charge in [-0.1, -0.05) is 12.1 Å². The smallest absolute Gasteiger partial charge is 0.123 e. The van der Waals surface area contributed by atoms with E-state index in [1.165, 1.54) is 12.1 Å². The predicted octanol–water partition coefficient (Wildman–Crippen LogP) is 1.64. The van der Waals surface area contributed by atoms with E-state index in [0.717, 1.165) is 0 Å². The van der Waals surface area contributed by atoms with Gasteiger partial charge in [-0.05, 0) is 44.6 Å². The number of benzene rings is 1. The van der Waals surface area contributed by atoms with E-state index in [4.69, 9.17) is 0 Å². The van der Waals surface area contributed by atoms with Gasteiger partial charge in [0, 0.05) is 0 Å². The van der Waals surface area contributed by atoms with Crippen molar-refractivity contribution in [1.82, 2.24) is 5.32 Å². The van der Waals surface area contributed by atoms with Gasteiger partial charge in [0.05, 0.1) is 5.60 Å². The lowest BCUT2D eigenvalue weighted by atomic mass is 9.92. The number of nitrogens with one attached hydrogen (secondary N) is 1. The van der Waals surface area contributed by atoms with Crippen molar-refractivity contribution in [2.45, 2.75) is 18.9 Å². The number of hydrogen-bond donors (Lipinski definition) is 2. The van der Waals surface area contributed by atoms with E-state index in [-0.39, 0.29) is 5.82 Å². The molecule has 78 valence electrons. The Balaban J connectivity index is 2.80. The number of hydrogen-bond acceptors (Lipinski definition) is 2. The lowest BCUT2D eigenvalue weighted by Gasteiger charge is -2.23. The second-order valence-electron chi connectivity index (χ2n) is 3.64. The molecule has 2 nitrogen and oxygen atoms in total. The van der Waals surface area contributed by atoms with Crippen LogP contribution >= 0.6 is 0 Å². The lowest BCUT2D eigenvalue weighted by molar-refractivity contribution is 0.0482. The molecule has 1 aromatic carbocycles. The molecule has 0 heterocycles. The Hall–Kier alpha value is -0.930. The van der Waals surface area contributed by atoms with Gasteiger partial charge < -0.3 is 10.4 Å². The highest BCUT2D eigenvalue weighted by molar-refractivity contribution is 5.22. The summed E-state index contributed by atoms with van der Waals surface area (Å²) in [6, 6.07) is 6.09. The van der Waals surface area contributed by atoms with E-state index >= 15 is 0 Å². The van der Waals surface area contributed by atoms with Crippen LogP contribution in [0.15, 0.2) is 24.3 Å². The monoisotopic (exact) mass is 197 g/mol. The largest absolute Gasteiger partial charge is 0.385 e. The third kappa shape index (κ3) is 2.79. The Morgan fingerprint density at radius 3 is 2.79 bits per heavy atom. The van der Waals surface area contributed by atoms with Gasteiger partial charge in [0.1, 0.15) is 5.82 Å². The summed E-state index contributed by atoms with van der Waals surface area (Å²) in [6.07, 6.45) is 0.562. The quantitative estimate of drug-likeness (QED) is 0.769. The maximum absolute atomic E-state index is 12.9. The van der Waals surface area contributed by atoms with Gasteiger partial charge in [-0.3, -0.25) is 0 Å². The van der Waals surface area contributed by atoms with Crippen molar-refractivity contribution < 1.29 is 9.50 Å². The van der Waals surface area contributed by atoms with E-state index < -0.39 is 5.60 Å². The molecule has 2 N–H and O–H groups in total. The summed E-state index contributed by atoms with van der Waals surface area (Å²) < 4.78 is 12.9. The summed E-state index contributed by atoms with van der Waals surface area (Å²) in [5.74, 6) is -0.313. The van der Waals surface area contributed by atoms with Crippen molar-refractivity contribution in [2.24, 2.45) is 0 Å². The van der Waals surface area contributed by atoms with E-state index in [1.807, 2.05) is 7.05 Å². The molecule has 1 rings (SSSR count). The summed E-state index contributed by atoms with van der Waals surface area (Å²) in [5.41, 5.74) is -0.349. The van der Waals surface area contributed by atoms with Gasteiger partial charge in [0.2, 0.25) is 0 Å². The molecular formula is C11H16FNO. The van der Waals surface area contributed by atoms with Crippen LogP contribution in [0.4, 0.5) is 4.39 Å². The molecule has 0 saturated heterocycles. The van der Waals surface area contributed by atoms with Crippen molar-refractivity contribution in [2.75, 3.05) is 13.6 Å². The van der Waals surface area contributed by atoms with Gasteiger partial charge >= 0.3 is 0 Å². The van der Waals surface area contributed by atoms with E-state index in [0.29, 0.717) is 18.5 Å². The normalized spacial score (nSPS) is 15.1. The van der Waals surface area contributed by atoms with Gasteiger partial charge in [-0.15, -0.1) is 0 Å². The fourth-order valence-corrected chi connectivity index (χ4v) is 1.34. The minimum absolute atomic E-state index is 0.313. The molecule has 0 aromatic heterocycles. The van der Waals surface area contributed by atoms with E-state index in [2.05, 4.69) is 5.32 Å². The molecule has 0 bridgehead atoms. The summed E-state index contributed by atoms with van der Waals surface area (Å²) in [5, 5.41) is 13.0. The second kappa shape index (κ2) is 4.53. The summed E-state index contributed by atoms with van der Waals surface area (Å²) in [7, 11) is 1.82. The minimum atomic E-state index is -0.967. The topological polar surface area (TPSA) is 32.3 Å². The summed E-state index contributed by atoms with van der Waals surface area (Å²) in [4.78, 5) is 0. The van der Waals surface area contributed by atoms with Crippen molar-refractivity contribution >= 4 is 0 Å². The van der Waals surface area contributed by atoms with Crippen LogP contribution < -0.4 is 5.32 Å². The molecule has 0 fully saturated rings. The number of aliphatic hydroxyl groups is 1. The van der Waals surface area contributed by atoms with Gasteiger partial charge in [-0.25, -0.2) is 4.39 Å². The molecular weight excluding hydrogens is 181 g/mol. The first-order chi connectivity index (χ1) is 6.56. The Morgan fingerprint density at radius 2 is 2.21 bits per heavy atom. The Bertz CT molecular complexity index is 299. The highest BCUT2D eigenvalue weighted by Gasteiger charge is 2.22. The fourth-order valence-electron chi connectivity index (χ4n) is 1.34. The van der Waals surface area contributed by atoms with Crippen molar-refractivity contribution in [1.29, 1.82) is 0 Å². The lowest BCUT2D eigenvalue weighted by Crippen LogP contribution is -2.26. The van der Waals surface area contributed by atoms with Crippen LogP contribution in [-0.2, 0) is 5.60 Å². The van der Waals surface area contributed by atoms with Crippen LogP contribution in [0.1, 0.15) is 18.9 Å². The first kappa shape index (κ1) is 11.1. The molecule has 0 saturated carbocycles. The highest BCUT2D eigenvalue weighted by atomic mass is 19.1. The number of halogens is 1.